The Labute approximate surface area is 157 Å². The third-order valence-corrected chi connectivity index (χ3v) is 4.25. The van der Waals surface area contributed by atoms with Crippen molar-refractivity contribution in [3.63, 3.8) is 0 Å². The second-order valence-electron chi connectivity index (χ2n) is 6.22. The molecule has 148 valence electrons. The molecule has 0 radical (unpaired) electrons. The van der Waals surface area contributed by atoms with E-state index in [4.69, 9.17) is 14.6 Å². The van der Waals surface area contributed by atoms with Crippen molar-refractivity contribution in [1.29, 1.82) is 0 Å². The van der Waals surface area contributed by atoms with Crippen LogP contribution in [0.2, 0.25) is 0 Å². The highest BCUT2D eigenvalue weighted by molar-refractivity contribution is 5.98. The zero-order valence-corrected chi connectivity index (χ0v) is 14.7. The minimum atomic E-state index is -4.75. The summed E-state index contributed by atoms with van der Waals surface area (Å²) in [6.45, 7) is 0. The van der Waals surface area contributed by atoms with Gasteiger partial charge in [0.15, 0.2) is 6.10 Å². The third kappa shape index (κ3) is 4.19. The van der Waals surface area contributed by atoms with Crippen LogP contribution >= 0.6 is 0 Å². The summed E-state index contributed by atoms with van der Waals surface area (Å²) >= 11 is 0. The fraction of sp³-hybridized carbons (Fsp3) is 0.263. The smallest absolute Gasteiger partial charge is 0.416 e. The lowest BCUT2D eigenvalue weighted by atomic mass is 10.00. The molecule has 1 heterocycles. The van der Waals surface area contributed by atoms with Crippen LogP contribution in [0.15, 0.2) is 36.4 Å². The van der Waals surface area contributed by atoms with E-state index in [0.717, 1.165) is 17.7 Å². The molecule has 6 nitrogen and oxygen atoms in total. The number of anilines is 1. The van der Waals surface area contributed by atoms with E-state index in [1.54, 1.807) is 24.3 Å². The van der Waals surface area contributed by atoms with Gasteiger partial charge in [0.25, 0.3) is 5.91 Å². The first kappa shape index (κ1) is 19.5. The van der Waals surface area contributed by atoms with E-state index in [1.807, 2.05) is 0 Å². The molecule has 1 amide bonds. The monoisotopic (exact) mass is 395 g/mol. The van der Waals surface area contributed by atoms with Crippen molar-refractivity contribution >= 4 is 17.6 Å². The molecular formula is C19H16F3NO5. The van der Waals surface area contributed by atoms with Gasteiger partial charge in [0, 0.05) is 6.42 Å². The van der Waals surface area contributed by atoms with Gasteiger partial charge in [-0.1, -0.05) is 12.1 Å². The van der Waals surface area contributed by atoms with E-state index < -0.39 is 41.7 Å². The molecule has 3 rings (SSSR count). The predicted molar refractivity (Wildman–Crippen MR) is 92.5 cm³/mol. The molecule has 1 aliphatic heterocycles. The summed E-state index contributed by atoms with van der Waals surface area (Å²) in [6.07, 6.45) is -6.45. The summed E-state index contributed by atoms with van der Waals surface area (Å²) in [5, 5.41) is 11.4. The van der Waals surface area contributed by atoms with Gasteiger partial charge in [-0.05, 0) is 35.4 Å². The van der Waals surface area contributed by atoms with Gasteiger partial charge in [-0.25, -0.2) is 0 Å². The summed E-state index contributed by atoms with van der Waals surface area (Å²) in [4.78, 5) is 23.2. The van der Waals surface area contributed by atoms with E-state index in [9.17, 15) is 22.8 Å². The Morgan fingerprint density at radius 2 is 1.93 bits per heavy atom. The molecule has 0 saturated carbocycles. The van der Waals surface area contributed by atoms with Gasteiger partial charge in [-0.2, -0.15) is 13.2 Å². The number of hydrogen-bond donors (Lipinski definition) is 2. The Kier molecular flexibility index (Phi) is 5.17. The normalized spacial score (nSPS) is 16.0. The van der Waals surface area contributed by atoms with E-state index in [2.05, 4.69) is 5.32 Å². The van der Waals surface area contributed by atoms with Crippen LogP contribution in [0.3, 0.4) is 0 Å². The van der Waals surface area contributed by atoms with Crippen molar-refractivity contribution in [3.05, 3.63) is 53.1 Å². The topological polar surface area (TPSA) is 84.9 Å². The molecule has 0 aromatic heterocycles. The van der Waals surface area contributed by atoms with Crippen molar-refractivity contribution in [3.8, 4) is 11.5 Å². The van der Waals surface area contributed by atoms with Crippen molar-refractivity contribution in [1.82, 2.24) is 0 Å². The first-order valence-electron chi connectivity index (χ1n) is 8.23. The van der Waals surface area contributed by atoms with Gasteiger partial charge in [-0.15, -0.1) is 0 Å². The van der Waals surface area contributed by atoms with Gasteiger partial charge in [0.2, 0.25) is 0 Å². The van der Waals surface area contributed by atoms with Crippen LogP contribution in [0.5, 0.6) is 11.5 Å². The van der Waals surface area contributed by atoms with Crippen LogP contribution < -0.4 is 14.8 Å². The summed E-state index contributed by atoms with van der Waals surface area (Å²) in [5.74, 6) is -1.46. The molecule has 0 aliphatic carbocycles. The highest BCUT2D eigenvalue weighted by Gasteiger charge is 2.37. The zero-order valence-electron chi connectivity index (χ0n) is 14.7. The Morgan fingerprint density at radius 3 is 2.50 bits per heavy atom. The van der Waals surface area contributed by atoms with Crippen LogP contribution in [0.25, 0.3) is 0 Å². The molecule has 28 heavy (non-hydrogen) atoms. The summed E-state index contributed by atoms with van der Waals surface area (Å²) < 4.78 is 50.5. The molecular weight excluding hydrogens is 379 g/mol. The summed E-state index contributed by atoms with van der Waals surface area (Å²) in [7, 11) is 1.51. The van der Waals surface area contributed by atoms with Gasteiger partial charge >= 0.3 is 12.1 Å². The number of carboxylic acid groups (broad SMARTS) is 1. The van der Waals surface area contributed by atoms with E-state index >= 15 is 0 Å². The second kappa shape index (κ2) is 7.41. The number of amides is 1. The number of nitrogens with one attached hydrogen (secondary N) is 1. The number of halogens is 3. The number of carbonyl (C=O) groups is 2. The number of methoxy groups -OCH3 is 1. The first-order valence-corrected chi connectivity index (χ1v) is 8.23. The number of fused-ring (bicyclic) bond motifs is 1. The maximum Gasteiger partial charge on any atom is 0.416 e. The number of hydrogen-bond acceptors (Lipinski definition) is 4. The zero-order chi connectivity index (χ0) is 20.5. The lowest BCUT2D eigenvalue weighted by Crippen LogP contribution is -2.38. The molecule has 0 spiro atoms. The maximum atomic E-state index is 13.3. The highest BCUT2D eigenvalue weighted by Crippen LogP contribution is 2.40. The van der Waals surface area contributed by atoms with E-state index in [0.29, 0.717) is 5.75 Å². The lowest BCUT2D eigenvalue weighted by molar-refractivity contribution is -0.139. The number of ether oxygens (including phenoxy) is 2. The summed E-state index contributed by atoms with van der Waals surface area (Å²) in [5.41, 5.74) is -0.799. The number of alkyl halides is 3. The Bertz CT molecular complexity index is 909. The number of carbonyl (C=O) groups excluding carboxylic acids is 1. The van der Waals surface area contributed by atoms with Gasteiger partial charge in [0.05, 0.1) is 24.8 Å². The number of rotatable bonds is 5. The number of carboxylic acids is 1. The molecule has 0 saturated heterocycles. The Hall–Kier alpha value is -3.23. The average molecular weight is 395 g/mol. The minimum Gasteiger partial charge on any atom is -0.497 e. The number of aliphatic carboxylic acids is 1. The highest BCUT2D eigenvalue weighted by atomic mass is 19.4. The molecule has 2 aromatic carbocycles. The predicted octanol–water partition coefficient (Wildman–Crippen LogP) is 3.28. The van der Waals surface area contributed by atoms with Gasteiger partial charge < -0.3 is 19.9 Å². The molecule has 0 fully saturated rings. The van der Waals surface area contributed by atoms with Crippen molar-refractivity contribution < 1.29 is 37.3 Å². The van der Waals surface area contributed by atoms with Crippen molar-refractivity contribution in [2.75, 3.05) is 12.4 Å². The SMILES string of the molecule is COc1ccc(CC2Oc3cc(C(F)(F)F)c(CC(=O)O)cc3NC2=O)cc1. The van der Waals surface area contributed by atoms with Crippen LogP contribution in [-0.2, 0) is 28.6 Å². The standard InChI is InChI=1S/C19H16F3NO5/c1-27-12-4-2-10(3-5-12)6-16-18(26)23-14-7-11(8-17(24)25)13(19(20,21)22)9-15(14)28-16/h2-5,7,9,16H,6,8H2,1H3,(H,23,26)(H,24,25). The lowest BCUT2D eigenvalue weighted by Gasteiger charge is -2.27. The molecule has 1 atom stereocenters. The van der Waals surface area contributed by atoms with Crippen molar-refractivity contribution in [2.24, 2.45) is 0 Å². The fourth-order valence-corrected chi connectivity index (χ4v) is 2.92. The number of benzene rings is 2. The summed E-state index contributed by atoms with van der Waals surface area (Å²) in [6, 6.07) is 8.57. The van der Waals surface area contributed by atoms with E-state index in [-0.39, 0.29) is 17.9 Å². The Balaban J connectivity index is 1.89. The third-order valence-electron chi connectivity index (χ3n) is 4.25. The van der Waals surface area contributed by atoms with E-state index in [1.165, 1.54) is 7.11 Å². The Morgan fingerprint density at radius 1 is 1.25 bits per heavy atom. The van der Waals surface area contributed by atoms with Gasteiger partial charge in [0.1, 0.15) is 11.5 Å². The minimum absolute atomic E-state index is 0.0141. The van der Waals surface area contributed by atoms with Crippen LogP contribution in [0.1, 0.15) is 16.7 Å². The average Bonchev–Trinajstić information content (AvgIpc) is 2.61. The fourth-order valence-electron chi connectivity index (χ4n) is 2.92. The van der Waals surface area contributed by atoms with Gasteiger partial charge in [-0.3, -0.25) is 9.59 Å². The molecule has 1 unspecified atom stereocenters. The molecule has 9 heteroatoms. The quantitative estimate of drug-likeness (QED) is 0.812. The van der Waals surface area contributed by atoms with Crippen molar-refractivity contribution in [2.45, 2.75) is 25.1 Å². The first-order chi connectivity index (χ1) is 13.2. The molecule has 0 bridgehead atoms. The molecule has 1 aliphatic rings. The van der Waals surface area contributed by atoms with Crippen LogP contribution in [-0.4, -0.2) is 30.2 Å². The van der Waals surface area contributed by atoms with Crippen LogP contribution in [0, 0.1) is 0 Å². The second-order valence-corrected chi connectivity index (χ2v) is 6.22. The van der Waals surface area contributed by atoms with Crippen LogP contribution in [0.4, 0.5) is 18.9 Å². The molecule has 2 N–H and O–H groups in total. The maximum absolute atomic E-state index is 13.3. The molecule has 2 aromatic rings. The largest absolute Gasteiger partial charge is 0.497 e.